The molecule has 0 amide bonds. The summed E-state index contributed by atoms with van der Waals surface area (Å²) in [7, 11) is -3.17. The number of nitrogens with one attached hydrogen (secondary N) is 1. The van der Waals surface area contributed by atoms with Crippen molar-refractivity contribution in [3.63, 3.8) is 0 Å². The molecule has 2 rings (SSSR count). The van der Waals surface area contributed by atoms with Crippen molar-refractivity contribution >= 4 is 9.84 Å². The quantitative estimate of drug-likeness (QED) is 0.747. The molecule has 0 radical (unpaired) electrons. The molecule has 2 heterocycles. The highest BCUT2D eigenvalue weighted by atomic mass is 32.2. The van der Waals surface area contributed by atoms with Gasteiger partial charge in [0.1, 0.15) is 0 Å². The first-order valence-corrected chi connectivity index (χ1v) is 8.19. The lowest BCUT2D eigenvalue weighted by molar-refractivity contribution is 0.145. The number of aromatic nitrogens is 3. The lowest BCUT2D eigenvalue weighted by atomic mass is 10.2. The zero-order chi connectivity index (χ0) is 14.0. The first kappa shape index (κ1) is 14.4. The molecule has 8 heteroatoms. The summed E-state index contributed by atoms with van der Waals surface area (Å²) in [6, 6.07) is -0.517. The molecule has 0 saturated carbocycles. The molecule has 0 aliphatic carbocycles. The second-order valence-electron chi connectivity index (χ2n) is 5.43. The third-order valence-corrected chi connectivity index (χ3v) is 4.75. The Morgan fingerprint density at radius 2 is 2.26 bits per heavy atom. The molecule has 2 atom stereocenters. The van der Waals surface area contributed by atoms with Crippen molar-refractivity contribution in [2.24, 2.45) is 5.92 Å². The fourth-order valence-corrected chi connectivity index (χ4v) is 3.88. The van der Waals surface area contributed by atoms with Crippen LogP contribution in [0.15, 0.2) is 6.20 Å². The fourth-order valence-electron chi connectivity index (χ4n) is 2.11. The van der Waals surface area contributed by atoms with Gasteiger partial charge in [0.05, 0.1) is 35.5 Å². The van der Waals surface area contributed by atoms with E-state index in [1.165, 1.54) is 4.68 Å². The molecule has 0 aromatic carbocycles. The average molecular weight is 288 g/mol. The van der Waals surface area contributed by atoms with Crippen molar-refractivity contribution < 1.29 is 13.5 Å². The minimum absolute atomic E-state index is 0.0730. The van der Waals surface area contributed by atoms with Crippen molar-refractivity contribution in [1.82, 2.24) is 20.3 Å². The number of sulfone groups is 1. The van der Waals surface area contributed by atoms with Gasteiger partial charge in [-0.05, 0) is 12.5 Å². The van der Waals surface area contributed by atoms with Gasteiger partial charge in [0.2, 0.25) is 0 Å². The molecule has 0 spiro atoms. The van der Waals surface area contributed by atoms with Crippen LogP contribution in [0.3, 0.4) is 0 Å². The van der Waals surface area contributed by atoms with Crippen LogP contribution in [-0.2, 0) is 16.4 Å². The molecule has 1 saturated heterocycles. The molecule has 1 fully saturated rings. The van der Waals surface area contributed by atoms with E-state index in [0.717, 1.165) is 12.2 Å². The third kappa shape index (κ3) is 3.74. The Balaban J connectivity index is 1.97. The van der Waals surface area contributed by atoms with E-state index >= 15 is 0 Å². The number of rotatable bonds is 5. The van der Waals surface area contributed by atoms with E-state index < -0.39 is 22.0 Å². The molecule has 2 N–H and O–H groups in total. The molecule has 0 bridgehead atoms. The first-order valence-electron chi connectivity index (χ1n) is 6.37. The van der Waals surface area contributed by atoms with Crippen LogP contribution >= 0.6 is 0 Å². The third-order valence-electron chi connectivity index (χ3n) is 3.05. The topological polar surface area (TPSA) is 97.1 Å². The second kappa shape index (κ2) is 5.56. The highest BCUT2D eigenvalue weighted by Gasteiger charge is 2.38. The maximum Gasteiger partial charge on any atom is 0.155 e. The van der Waals surface area contributed by atoms with E-state index in [2.05, 4.69) is 29.5 Å². The second-order valence-corrected chi connectivity index (χ2v) is 7.58. The lowest BCUT2D eigenvalue weighted by Gasteiger charge is -2.11. The molecule has 7 nitrogen and oxygen atoms in total. The summed E-state index contributed by atoms with van der Waals surface area (Å²) in [6.07, 6.45) is 0.797. The van der Waals surface area contributed by atoms with Gasteiger partial charge in [-0.25, -0.2) is 13.1 Å². The maximum atomic E-state index is 11.4. The minimum Gasteiger partial charge on any atom is -0.390 e. The number of aliphatic hydroxyl groups is 1. The smallest absolute Gasteiger partial charge is 0.155 e. The molecule has 108 valence electrons. The normalized spacial score (nSPS) is 26.1. The first-order chi connectivity index (χ1) is 8.87. The van der Waals surface area contributed by atoms with E-state index in [4.69, 9.17) is 0 Å². The highest BCUT2D eigenvalue weighted by Crippen LogP contribution is 2.23. The van der Waals surface area contributed by atoms with Crippen molar-refractivity contribution in [2.45, 2.75) is 32.5 Å². The fraction of sp³-hybridized carbons (Fsp3) is 0.818. The van der Waals surface area contributed by atoms with Crippen molar-refractivity contribution in [1.29, 1.82) is 0 Å². The number of nitrogens with zero attached hydrogens (tertiary/aromatic N) is 3. The van der Waals surface area contributed by atoms with E-state index in [1.54, 1.807) is 6.20 Å². The summed E-state index contributed by atoms with van der Waals surface area (Å²) in [4.78, 5) is 0. The Morgan fingerprint density at radius 1 is 1.53 bits per heavy atom. The molecule has 1 aliphatic rings. The van der Waals surface area contributed by atoms with Gasteiger partial charge >= 0.3 is 0 Å². The average Bonchev–Trinajstić information content (AvgIpc) is 2.82. The molecule has 1 aromatic rings. The number of hydrogen-bond acceptors (Lipinski definition) is 6. The summed E-state index contributed by atoms with van der Waals surface area (Å²) in [5.74, 6) is 0.284. The zero-order valence-electron chi connectivity index (χ0n) is 11.2. The van der Waals surface area contributed by atoms with Crippen molar-refractivity contribution in [3.05, 3.63) is 11.9 Å². The van der Waals surface area contributed by atoms with Crippen LogP contribution in [0.5, 0.6) is 0 Å². The van der Waals surface area contributed by atoms with Crippen LogP contribution < -0.4 is 5.32 Å². The summed E-state index contributed by atoms with van der Waals surface area (Å²) in [6.45, 7) is 5.70. The predicted molar refractivity (Wildman–Crippen MR) is 70.3 cm³/mol. The Morgan fingerprint density at radius 3 is 2.84 bits per heavy atom. The highest BCUT2D eigenvalue weighted by molar-refractivity contribution is 7.91. The maximum absolute atomic E-state index is 11.4. The van der Waals surface area contributed by atoms with Gasteiger partial charge in [-0.1, -0.05) is 19.1 Å². The molecule has 19 heavy (non-hydrogen) atoms. The standard InChI is InChI=1S/C11H20N4O3S/c1-8(2)3-12-4-9-5-15(14-13-9)10-6-19(17,18)7-11(10)16/h5,8,10-12,16H,3-4,6-7H2,1-2H3. The summed E-state index contributed by atoms with van der Waals surface area (Å²) in [5.41, 5.74) is 0.747. The van der Waals surface area contributed by atoms with Crippen molar-refractivity contribution in [3.8, 4) is 0 Å². The summed E-state index contributed by atoms with van der Waals surface area (Å²) in [5, 5.41) is 20.9. The monoisotopic (exact) mass is 288 g/mol. The number of hydrogen-bond donors (Lipinski definition) is 2. The SMILES string of the molecule is CC(C)CNCc1cn(C2CS(=O)(=O)CC2O)nn1. The van der Waals surface area contributed by atoms with Crippen LogP contribution in [0.1, 0.15) is 25.6 Å². The lowest BCUT2D eigenvalue weighted by Crippen LogP contribution is -2.22. The van der Waals surface area contributed by atoms with E-state index in [0.29, 0.717) is 12.5 Å². The van der Waals surface area contributed by atoms with Gasteiger partial charge in [0.25, 0.3) is 0 Å². The molecular weight excluding hydrogens is 268 g/mol. The minimum atomic E-state index is -3.17. The van der Waals surface area contributed by atoms with Crippen LogP contribution in [0.2, 0.25) is 0 Å². The van der Waals surface area contributed by atoms with Crippen LogP contribution in [0.25, 0.3) is 0 Å². The molecule has 1 aliphatic heterocycles. The zero-order valence-corrected chi connectivity index (χ0v) is 12.0. The van der Waals surface area contributed by atoms with Crippen molar-refractivity contribution in [2.75, 3.05) is 18.1 Å². The molecule has 2 unspecified atom stereocenters. The molecular formula is C11H20N4O3S. The van der Waals surface area contributed by atoms with E-state index in [1.807, 2.05) is 0 Å². The van der Waals surface area contributed by atoms with Gasteiger partial charge in [0.15, 0.2) is 9.84 Å². The van der Waals surface area contributed by atoms with Gasteiger partial charge in [-0.15, -0.1) is 5.10 Å². The van der Waals surface area contributed by atoms with Crippen LogP contribution in [-0.4, -0.2) is 52.7 Å². The van der Waals surface area contributed by atoms with Gasteiger partial charge in [-0.3, -0.25) is 0 Å². The van der Waals surface area contributed by atoms with E-state index in [9.17, 15) is 13.5 Å². The van der Waals surface area contributed by atoms with Gasteiger partial charge in [-0.2, -0.15) is 0 Å². The van der Waals surface area contributed by atoms with Gasteiger partial charge < -0.3 is 10.4 Å². The summed E-state index contributed by atoms with van der Waals surface area (Å²) < 4.78 is 24.3. The summed E-state index contributed by atoms with van der Waals surface area (Å²) >= 11 is 0. The molecule has 1 aromatic heterocycles. The van der Waals surface area contributed by atoms with E-state index in [-0.39, 0.29) is 11.5 Å². The number of aliphatic hydroxyl groups excluding tert-OH is 1. The Bertz CT molecular complexity index is 526. The largest absolute Gasteiger partial charge is 0.390 e. The van der Waals surface area contributed by atoms with Gasteiger partial charge in [0, 0.05) is 6.54 Å². The van der Waals surface area contributed by atoms with Crippen LogP contribution in [0.4, 0.5) is 0 Å². The van der Waals surface area contributed by atoms with Crippen LogP contribution in [0, 0.1) is 5.92 Å². The Hall–Kier alpha value is -0.990. The Labute approximate surface area is 112 Å². The Kier molecular flexibility index (Phi) is 4.22. The predicted octanol–water partition coefficient (Wildman–Crippen LogP) is -0.646.